The van der Waals surface area contributed by atoms with Crippen LogP contribution in [0.15, 0.2) is 0 Å². The molecule has 13 heavy (non-hydrogen) atoms. The Morgan fingerprint density at radius 1 is 1.46 bits per heavy atom. The van der Waals surface area contributed by atoms with Crippen molar-refractivity contribution in [3.8, 4) is 0 Å². The van der Waals surface area contributed by atoms with Crippen LogP contribution in [0.25, 0.3) is 0 Å². The average molecular weight is 188 g/mol. The van der Waals surface area contributed by atoms with Gasteiger partial charge in [-0.3, -0.25) is 0 Å². The molecule has 1 atom stereocenters. The maximum atomic E-state index is 9.89. The molecular formula is C10H24N2O. The Bertz CT molecular complexity index is 124. The molecular weight excluding hydrogens is 164 g/mol. The van der Waals surface area contributed by atoms with Gasteiger partial charge in [0.05, 0.1) is 5.60 Å². The number of hydrogen-bond donors (Lipinski definition) is 3. The molecule has 0 aliphatic heterocycles. The largest absolute Gasteiger partial charge is 0.389 e. The van der Waals surface area contributed by atoms with E-state index in [-0.39, 0.29) is 0 Å². The monoisotopic (exact) mass is 188 g/mol. The van der Waals surface area contributed by atoms with Crippen molar-refractivity contribution in [3.05, 3.63) is 0 Å². The fraction of sp³-hybridized carbons (Fsp3) is 1.00. The average Bonchev–Trinajstić information content (AvgIpc) is 1.95. The maximum absolute atomic E-state index is 9.89. The van der Waals surface area contributed by atoms with E-state index in [1.807, 2.05) is 6.92 Å². The maximum Gasteiger partial charge on any atom is 0.0746 e. The summed E-state index contributed by atoms with van der Waals surface area (Å²) in [6, 6.07) is 0. The Balaban J connectivity index is 3.50. The molecule has 0 saturated carbocycles. The van der Waals surface area contributed by atoms with Crippen LogP contribution in [0.4, 0.5) is 0 Å². The molecule has 0 radical (unpaired) electrons. The normalized spacial score (nSPS) is 16.2. The highest BCUT2D eigenvalue weighted by Crippen LogP contribution is 2.14. The zero-order valence-electron chi connectivity index (χ0n) is 9.14. The van der Waals surface area contributed by atoms with Crippen LogP contribution in [0.3, 0.4) is 0 Å². The van der Waals surface area contributed by atoms with Crippen LogP contribution < -0.4 is 11.1 Å². The summed E-state index contributed by atoms with van der Waals surface area (Å²) in [5, 5.41) is 13.1. The van der Waals surface area contributed by atoms with Crippen LogP contribution in [-0.2, 0) is 0 Å². The number of nitrogens with one attached hydrogen (secondary N) is 1. The predicted molar refractivity (Wildman–Crippen MR) is 56.6 cm³/mol. The van der Waals surface area contributed by atoms with Crippen molar-refractivity contribution in [2.45, 2.75) is 39.2 Å². The molecule has 0 spiro atoms. The van der Waals surface area contributed by atoms with Crippen molar-refractivity contribution in [2.24, 2.45) is 11.7 Å². The zero-order valence-corrected chi connectivity index (χ0v) is 9.14. The van der Waals surface area contributed by atoms with E-state index < -0.39 is 5.60 Å². The van der Waals surface area contributed by atoms with Crippen molar-refractivity contribution in [3.63, 3.8) is 0 Å². The minimum atomic E-state index is -0.581. The van der Waals surface area contributed by atoms with Crippen LogP contribution in [0.2, 0.25) is 0 Å². The second-order valence-corrected chi connectivity index (χ2v) is 4.41. The Hall–Kier alpha value is -0.120. The molecule has 0 amide bonds. The highest BCUT2D eigenvalue weighted by molar-refractivity contribution is 4.76. The third kappa shape index (κ3) is 8.22. The van der Waals surface area contributed by atoms with Gasteiger partial charge in [0.25, 0.3) is 0 Å². The van der Waals surface area contributed by atoms with Gasteiger partial charge in [0.1, 0.15) is 0 Å². The second kappa shape index (κ2) is 6.35. The number of hydrogen-bond acceptors (Lipinski definition) is 3. The van der Waals surface area contributed by atoms with Gasteiger partial charge in [0.2, 0.25) is 0 Å². The Morgan fingerprint density at radius 2 is 2.08 bits per heavy atom. The lowest BCUT2D eigenvalue weighted by Crippen LogP contribution is -2.39. The molecule has 80 valence electrons. The van der Waals surface area contributed by atoms with Gasteiger partial charge in [0.15, 0.2) is 0 Å². The van der Waals surface area contributed by atoms with Gasteiger partial charge in [-0.25, -0.2) is 0 Å². The SMILES string of the molecule is CC(C)CC(C)(O)CNCCCN. The molecule has 3 heteroatoms. The van der Waals surface area contributed by atoms with Crippen LogP contribution in [0.5, 0.6) is 0 Å². The number of aliphatic hydroxyl groups is 1. The molecule has 4 N–H and O–H groups in total. The molecule has 0 aliphatic rings. The summed E-state index contributed by atoms with van der Waals surface area (Å²) in [6.45, 7) is 8.38. The zero-order chi connectivity index (χ0) is 10.3. The molecule has 0 bridgehead atoms. The van der Waals surface area contributed by atoms with Crippen molar-refractivity contribution in [1.82, 2.24) is 5.32 Å². The summed E-state index contributed by atoms with van der Waals surface area (Å²) < 4.78 is 0. The lowest BCUT2D eigenvalue weighted by Gasteiger charge is -2.25. The minimum absolute atomic E-state index is 0.534. The molecule has 0 heterocycles. The third-order valence-electron chi connectivity index (χ3n) is 1.91. The van der Waals surface area contributed by atoms with Crippen molar-refractivity contribution >= 4 is 0 Å². The number of rotatable bonds is 7. The molecule has 0 aromatic heterocycles. The van der Waals surface area contributed by atoms with E-state index in [1.165, 1.54) is 0 Å². The molecule has 0 aliphatic carbocycles. The molecule has 0 aromatic rings. The minimum Gasteiger partial charge on any atom is -0.389 e. The predicted octanol–water partition coefficient (Wildman–Crippen LogP) is 0.722. The molecule has 0 fully saturated rings. The summed E-state index contributed by atoms with van der Waals surface area (Å²) in [6.07, 6.45) is 1.81. The fourth-order valence-electron chi connectivity index (χ4n) is 1.54. The van der Waals surface area contributed by atoms with E-state index in [4.69, 9.17) is 5.73 Å². The van der Waals surface area contributed by atoms with E-state index in [0.29, 0.717) is 19.0 Å². The Kier molecular flexibility index (Phi) is 6.29. The summed E-state index contributed by atoms with van der Waals surface area (Å²) in [7, 11) is 0. The van der Waals surface area contributed by atoms with E-state index in [1.54, 1.807) is 0 Å². The lowest BCUT2D eigenvalue weighted by atomic mass is 9.94. The summed E-state index contributed by atoms with van der Waals surface area (Å²) in [5.74, 6) is 0.534. The summed E-state index contributed by atoms with van der Waals surface area (Å²) >= 11 is 0. The van der Waals surface area contributed by atoms with Gasteiger partial charge < -0.3 is 16.2 Å². The molecule has 0 rings (SSSR count). The second-order valence-electron chi connectivity index (χ2n) is 4.41. The van der Waals surface area contributed by atoms with Crippen molar-refractivity contribution in [2.75, 3.05) is 19.6 Å². The first-order valence-corrected chi connectivity index (χ1v) is 5.11. The quantitative estimate of drug-likeness (QED) is 0.516. The number of nitrogens with two attached hydrogens (primary N) is 1. The first-order chi connectivity index (χ1) is 5.98. The summed E-state index contributed by atoms with van der Waals surface area (Å²) in [5.41, 5.74) is 4.78. The Morgan fingerprint density at radius 3 is 2.54 bits per heavy atom. The van der Waals surface area contributed by atoms with Gasteiger partial charge in [-0.05, 0) is 38.8 Å². The Labute approximate surface area is 81.7 Å². The highest BCUT2D eigenvalue weighted by Gasteiger charge is 2.20. The van der Waals surface area contributed by atoms with E-state index in [0.717, 1.165) is 19.4 Å². The van der Waals surface area contributed by atoms with E-state index >= 15 is 0 Å². The van der Waals surface area contributed by atoms with E-state index in [9.17, 15) is 5.11 Å². The first kappa shape index (κ1) is 12.9. The van der Waals surface area contributed by atoms with Crippen molar-refractivity contribution < 1.29 is 5.11 Å². The van der Waals surface area contributed by atoms with Gasteiger partial charge in [-0.1, -0.05) is 13.8 Å². The fourth-order valence-corrected chi connectivity index (χ4v) is 1.54. The van der Waals surface area contributed by atoms with Crippen LogP contribution >= 0.6 is 0 Å². The first-order valence-electron chi connectivity index (χ1n) is 5.11. The molecule has 1 unspecified atom stereocenters. The van der Waals surface area contributed by atoms with Crippen LogP contribution in [0.1, 0.15) is 33.6 Å². The highest BCUT2D eigenvalue weighted by atomic mass is 16.3. The molecule has 0 saturated heterocycles. The van der Waals surface area contributed by atoms with Gasteiger partial charge in [0, 0.05) is 6.54 Å². The third-order valence-corrected chi connectivity index (χ3v) is 1.91. The topological polar surface area (TPSA) is 58.3 Å². The van der Waals surface area contributed by atoms with E-state index in [2.05, 4.69) is 19.2 Å². The summed E-state index contributed by atoms with van der Waals surface area (Å²) in [4.78, 5) is 0. The smallest absolute Gasteiger partial charge is 0.0746 e. The lowest BCUT2D eigenvalue weighted by molar-refractivity contribution is 0.0388. The molecule has 0 aromatic carbocycles. The van der Waals surface area contributed by atoms with Gasteiger partial charge >= 0.3 is 0 Å². The van der Waals surface area contributed by atoms with Crippen molar-refractivity contribution in [1.29, 1.82) is 0 Å². The van der Waals surface area contributed by atoms with Gasteiger partial charge in [-0.2, -0.15) is 0 Å². The van der Waals surface area contributed by atoms with Crippen LogP contribution in [0, 0.1) is 5.92 Å². The van der Waals surface area contributed by atoms with Crippen LogP contribution in [-0.4, -0.2) is 30.3 Å². The van der Waals surface area contributed by atoms with Gasteiger partial charge in [-0.15, -0.1) is 0 Å². The standard InChI is InChI=1S/C10H24N2O/c1-9(2)7-10(3,13)8-12-6-4-5-11/h9,12-13H,4-8,11H2,1-3H3. The molecule has 3 nitrogen and oxygen atoms in total.